The van der Waals surface area contributed by atoms with Gasteiger partial charge in [0.2, 0.25) is 0 Å². The van der Waals surface area contributed by atoms with Crippen LogP contribution in [0.25, 0.3) is 0 Å². The second kappa shape index (κ2) is 5.64. The van der Waals surface area contributed by atoms with Gasteiger partial charge < -0.3 is 0 Å². The van der Waals surface area contributed by atoms with Gasteiger partial charge in [0.1, 0.15) is 0 Å². The lowest BCUT2D eigenvalue weighted by molar-refractivity contribution is -0.387. The van der Waals surface area contributed by atoms with E-state index in [4.69, 9.17) is 0 Å². The lowest BCUT2D eigenvalue weighted by Gasteiger charge is -2.09. The predicted octanol–water partition coefficient (Wildman–Crippen LogP) is 2.81. The van der Waals surface area contributed by atoms with E-state index in [1.165, 1.54) is 12.1 Å². The number of nitro groups is 1. The van der Waals surface area contributed by atoms with E-state index in [0.717, 1.165) is 12.1 Å². The van der Waals surface area contributed by atoms with Crippen molar-refractivity contribution >= 4 is 21.4 Å². The number of benzene rings is 2. The molecule has 0 aromatic heterocycles. The van der Waals surface area contributed by atoms with E-state index in [0.29, 0.717) is 12.1 Å². The number of anilines is 1. The maximum Gasteiger partial charge on any atom is 0.289 e. The zero-order valence-corrected chi connectivity index (χ0v) is 11.4. The summed E-state index contributed by atoms with van der Waals surface area (Å²) in [7, 11) is -4.48. The van der Waals surface area contributed by atoms with Gasteiger partial charge in [0.25, 0.3) is 15.7 Å². The number of para-hydroxylation sites is 1. The molecule has 1 N–H and O–H groups in total. The number of nitro benzene ring substituents is 1. The zero-order chi connectivity index (χ0) is 16.5. The van der Waals surface area contributed by atoms with Gasteiger partial charge in [-0.15, -0.1) is 0 Å². The lowest BCUT2D eigenvalue weighted by Crippen LogP contribution is -2.15. The molecule has 0 bridgehead atoms. The Morgan fingerprint density at radius 3 is 2.14 bits per heavy atom. The molecule has 0 spiro atoms. The van der Waals surface area contributed by atoms with E-state index in [1.807, 2.05) is 0 Å². The Kier molecular flexibility index (Phi) is 4.04. The highest BCUT2D eigenvalue weighted by molar-refractivity contribution is 7.92. The molecular weight excluding hydrogens is 325 g/mol. The van der Waals surface area contributed by atoms with Crippen LogP contribution in [0.5, 0.6) is 0 Å². The number of halogens is 3. The summed E-state index contributed by atoms with van der Waals surface area (Å²) in [4.78, 5) is 9.21. The van der Waals surface area contributed by atoms with Crippen LogP contribution >= 0.6 is 0 Å². The molecule has 10 heteroatoms. The molecule has 0 aliphatic rings. The van der Waals surface area contributed by atoms with Gasteiger partial charge in [-0.05, 0) is 6.07 Å². The molecule has 0 saturated carbocycles. The van der Waals surface area contributed by atoms with E-state index >= 15 is 0 Å². The molecule has 0 aliphatic carbocycles. The Balaban J connectivity index is 2.47. The lowest BCUT2D eigenvalue weighted by atomic mass is 10.3. The Bertz CT molecular complexity index is 832. The summed E-state index contributed by atoms with van der Waals surface area (Å²) in [5.41, 5.74) is -1.31. The van der Waals surface area contributed by atoms with E-state index in [1.54, 1.807) is 4.72 Å². The number of hydrogen-bond donors (Lipinski definition) is 1. The van der Waals surface area contributed by atoms with Gasteiger partial charge in [-0.25, -0.2) is 21.6 Å². The third kappa shape index (κ3) is 3.01. The number of sulfonamides is 1. The molecular formula is C12H7F3N2O4S. The van der Waals surface area contributed by atoms with Gasteiger partial charge in [-0.3, -0.25) is 14.8 Å². The first-order valence-corrected chi connectivity index (χ1v) is 7.11. The summed E-state index contributed by atoms with van der Waals surface area (Å²) in [5, 5.41) is 10.8. The molecule has 0 unspecified atom stereocenters. The monoisotopic (exact) mass is 332 g/mol. The van der Waals surface area contributed by atoms with Crippen LogP contribution in [0.15, 0.2) is 41.3 Å². The van der Waals surface area contributed by atoms with Crippen LogP contribution in [-0.2, 0) is 10.0 Å². The van der Waals surface area contributed by atoms with E-state index < -0.39 is 48.7 Å². The standard InChI is InChI=1S/C12H7F3N2O4S/c13-8-5-7(6-9(14)12(8)15)16-22(20,21)11-4-2-1-3-10(11)17(18)19/h1-6,16H. The Hall–Kier alpha value is -2.62. The molecule has 6 nitrogen and oxygen atoms in total. The zero-order valence-electron chi connectivity index (χ0n) is 10.6. The second-order valence-electron chi connectivity index (χ2n) is 4.08. The summed E-state index contributed by atoms with van der Waals surface area (Å²) in [6.07, 6.45) is 0. The van der Waals surface area contributed by atoms with Crippen LogP contribution < -0.4 is 4.72 Å². The number of rotatable bonds is 4. The average molecular weight is 332 g/mol. The first kappa shape index (κ1) is 15.8. The van der Waals surface area contributed by atoms with Gasteiger partial charge >= 0.3 is 0 Å². The Labute approximate surface area is 122 Å². The van der Waals surface area contributed by atoms with Crippen LogP contribution in [-0.4, -0.2) is 13.3 Å². The molecule has 116 valence electrons. The molecule has 0 amide bonds. The first-order valence-electron chi connectivity index (χ1n) is 5.63. The number of nitrogens with one attached hydrogen (secondary N) is 1. The Morgan fingerprint density at radius 2 is 1.59 bits per heavy atom. The maximum absolute atomic E-state index is 13.1. The fourth-order valence-corrected chi connectivity index (χ4v) is 2.87. The molecule has 0 aliphatic heterocycles. The van der Waals surface area contributed by atoms with Crippen LogP contribution in [0.3, 0.4) is 0 Å². The summed E-state index contributed by atoms with van der Waals surface area (Å²) >= 11 is 0. The minimum absolute atomic E-state index is 0.421. The average Bonchev–Trinajstić information content (AvgIpc) is 2.44. The summed E-state index contributed by atoms with van der Waals surface area (Å²) in [6.45, 7) is 0. The van der Waals surface area contributed by atoms with Gasteiger partial charge in [-0.2, -0.15) is 0 Å². The number of nitrogens with zero attached hydrogens (tertiary/aromatic N) is 1. The van der Waals surface area contributed by atoms with Crippen LogP contribution in [0.4, 0.5) is 24.5 Å². The quantitative estimate of drug-likeness (QED) is 0.530. The van der Waals surface area contributed by atoms with Crippen LogP contribution in [0, 0.1) is 27.6 Å². The van der Waals surface area contributed by atoms with Crippen molar-refractivity contribution in [2.45, 2.75) is 4.90 Å². The van der Waals surface area contributed by atoms with Gasteiger partial charge in [0.05, 0.1) is 10.6 Å². The van der Waals surface area contributed by atoms with E-state index in [-0.39, 0.29) is 0 Å². The number of hydrogen-bond acceptors (Lipinski definition) is 4. The van der Waals surface area contributed by atoms with Crippen molar-refractivity contribution in [1.82, 2.24) is 0 Å². The maximum atomic E-state index is 13.1. The fourth-order valence-electron chi connectivity index (χ4n) is 1.66. The van der Waals surface area contributed by atoms with E-state index in [2.05, 4.69) is 0 Å². The van der Waals surface area contributed by atoms with Crippen molar-refractivity contribution in [2.75, 3.05) is 4.72 Å². The third-order valence-corrected chi connectivity index (χ3v) is 4.02. The van der Waals surface area contributed by atoms with Gasteiger partial charge in [0, 0.05) is 18.2 Å². The van der Waals surface area contributed by atoms with E-state index in [9.17, 15) is 31.7 Å². The molecule has 0 fully saturated rings. The highest BCUT2D eigenvalue weighted by Crippen LogP contribution is 2.26. The molecule has 2 aromatic carbocycles. The third-order valence-electron chi connectivity index (χ3n) is 2.59. The van der Waals surface area contributed by atoms with Crippen molar-refractivity contribution < 1.29 is 26.5 Å². The van der Waals surface area contributed by atoms with Crippen molar-refractivity contribution in [2.24, 2.45) is 0 Å². The summed E-state index contributed by atoms with van der Waals surface area (Å²) in [6, 6.07) is 5.26. The molecule has 0 saturated heterocycles. The minimum atomic E-state index is -4.48. The molecule has 0 atom stereocenters. The Morgan fingerprint density at radius 1 is 1.05 bits per heavy atom. The second-order valence-corrected chi connectivity index (χ2v) is 5.74. The minimum Gasteiger partial charge on any atom is -0.279 e. The smallest absolute Gasteiger partial charge is 0.279 e. The van der Waals surface area contributed by atoms with Gasteiger partial charge in [0.15, 0.2) is 22.3 Å². The molecule has 0 radical (unpaired) electrons. The fraction of sp³-hybridized carbons (Fsp3) is 0. The SMILES string of the molecule is O=[N+]([O-])c1ccccc1S(=O)(=O)Nc1cc(F)c(F)c(F)c1. The highest BCUT2D eigenvalue weighted by atomic mass is 32.2. The normalized spacial score (nSPS) is 11.2. The first-order chi connectivity index (χ1) is 10.2. The molecule has 2 aromatic rings. The largest absolute Gasteiger partial charge is 0.289 e. The highest BCUT2D eigenvalue weighted by Gasteiger charge is 2.25. The predicted molar refractivity (Wildman–Crippen MR) is 70.2 cm³/mol. The van der Waals surface area contributed by atoms with Crippen LogP contribution in [0.1, 0.15) is 0 Å². The van der Waals surface area contributed by atoms with Crippen molar-refractivity contribution in [3.8, 4) is 0 Å². The van der Waals surface area contributed by atoms with Crippen molar-refractivity contribution in [1.29, 1.82) is 0 Å². The molecule has 2 rings (SSSR count). The van der Waals surface area contributed by atoms with Crippen molar-refractivity contribution in [3.63, 3.8) is 0 Å². The summed E-state index contributed by atoms with van der Waals surface area (Å²) in [5.74, 6) is -4.95. The van der Waals surface area contributed by atoms with Crippen LogP contribution in [0.2, 0.25) is 0 Å². The topological polar surface area (TPSA) is 89.3 Å². The molecule has 22 heavy (non-hydrogen) atoms. The van der Waals surface area contributed by atoms with Crippen molar-refractivity contribution in [3.05, 3.63) is 64.0 Å². The molecule has 0 heterocycles. The summed E-state index contributed by atoms with van der Waals surface area (Å²) < 4.78 is 64.9. The van der Waals surface area contributed by atoms with Gasteiger partial charge in [-0.1, -0.05) is 12.1 Å².